The van der Waals surface area contributed by atoms with Crippen LogP contribution in [-0.2, 0) is 5.75 Å². The number of benzene rings is 1. The molecule has 0 N–H and O–H groups in total. The Bertz CT molecular complexity index is 793. The number of aromatic nitrogens is 2. The van der Waals surface area contributed by atoms with Gasteiger partial charge in [-0.05, 0) is 23.8 Å². The molecule has 2 heterocycles. The quantitative estimate of drug-likeness (QED) is 0.683. The second-order valence-corrected chi connectivity index (χ2v) is 5.27. The number of nitrogens with zero attached hydrogens (tertiary/aromatic N) is 3. The van der Waals surface area contributed by atoms with Crippen molar-refractivity contribution in [3.05, 3.63) is 66.0 Å². The second-order valence-electron chi connectivity index (χ2n) is 4.28. The minimum Gasteiger partial charge on any atom is -0.263 e. The number of hydrogen-bond acceptors (Lipinski definition) is 4. The van der Waals surface area contributed by atoms with Gasteiger partial charge in [-0.15, -0.1) is 11.8 Å². The Hall–Kier alpha value is -2.38. The van der Waals surface area contributed by atoms with Crippen LogP contribution >= 0.6 is 11.8 Å². The molecule has 3 nitrogen and oxygen atoms in total. The molecular formula is C16H11N3S. The fourth-order valence-electron chi connectivity index (χ4n) is 1.93. The number of para-hydroxylation sites is 1. The van der Waals surface area contributed by atoms with Gasteiger partial charge in [0, 0.05) is 23.5 Å². The van der Waals surface area contributed by atoms with E-state index in [2.05, 4.69) is 22.1 Å². The van der Waals surface area contributed by atoms with Crippen LogP contribution in [0.2, 0.25) is 0 Å². The van der Waals surface area contributed by atoms with Crippen molar-refractivity contribution in [3.8, 4) is 6.07 Å². The minimum absolute atomic E-state index is 0.626. The third-order valence-corrected chi connectivity index (χ3v) is 3.96. The Kier molecular flexibility index (Phi) is 3.62. The van der Waals surface area contributed by atoms with Crippen LogP contribution in [0.4, 0.5) is 0 Å². The lowest BCUT2D eigenvalue weighted by atomic mass is 10.2. The third-order valence-electron chi connectivity index (χ3n) is 2.98. The van der Waals surface area contributed by atoms with Gasteiger partial charge in [0.15, 0.2) is 0 Å². The Morgan fingerprint density at radius 3 is 2.90 bits per heavy atom. The molecule has 0 fully saturated rings. The molecule has 0 saturated carbocycles. The predicted octanol–water partition coefficient (Wildman–Crippen LogP) is 3.79. The molecule has 3 rings (SSSR count). The molecule has 0 spiro atoms. The maximum atomic E-state index is 9.04. The van der Waals surface area contributed by atoms with Crippen molar-refractivity contribution in [2.24, 2.45) is 0 Å². The zero-order chi connectivity index (χ0) is 13.8. The molecule has 4 heteroatoms. The third kappa shape index (κ3) is 2.63. The number of rotatable bonds is 3. The molecule has 0 radical (unpaired) electrons. The first-order chi connectivity index (χ1) is 9.86. The van der Waals surface area contributed by atoms with Gasteiger partial charge < -0.3 is 0 Å². The van der Waals surface area contributed by atoms with Gasteiger partial charge in [0.2, 0.25) is 0 Å². The fourth-order valence-corrected chi connectivity index (χ4v) is 2.81. The molecule has 0 bridgehead atoms. The van der Waals surface area contributed by atoms with E-state index < -0.39 is 0 Å². The van der Waals surface area contributed by atoms with E-state index in [1.54, 1.807) is 24.2 Å². The van der Waals surface area contributed by atoms with E-state index in [1.807, 2.05) is 36.4 Å². The molecule has 0 atom stereocenters. The zero-order valence-corrected chi connectivity index (χ0v) is 11.5. The summed E-state index contributed by atoms with van der Waals surface area (Å²) in [5.41, 5.74) is 2.61. The monoisotopic (exact) mass is 277 g/mol. The Morgan fingerprint density at radius 1 is 1.10 bits per heavy atom. The van der Waals surface area contributed by atoms with E-state index in [1.165, 1.54) is 0 Å². The van der Waals surface area contributed by atoms with Gasteiger partial charge in [-0.2, -0.15) is 5.26 Å². The fraction of sp³-hybridized carbons (Fsp3) is 0.0625. The summed E-state index contributed by atoms with van der Waals surface area (Å²) < 4.78 is 0. The van der Waals surface area contributed by atoms with Crippen LogP contribution < -0.4 is 0 Å². The van der Waals surface area contributed by atoms with E-state index in [0.717, 1.165) is 27.2 Å². The number of thioether (sulfide) groups is 1. The lowest BCUT2D eigenvalue weighted by Crippen LogP contribution is -1.89. The Morgan fingerprint density at radius 2 is 2.00 bits per heavy atom. The largest absolute Gasteiger partial charge is 0.263 e. The zero-order valence-electron chi connectivity index (χ0n) is 10.7. The second kappa shape index (κ2) is 5.72. The predicted molar refractivity (Wildman–Crippen MR) is 80.3 cm³/mol. The number of pyridine rings is 2. The van der Waals surface area contributed by atoms with Crippen LogP contribution in [0.1, 0.15) is 11.1 Å². The highest BCUT2D eigenvalue weighted by molar-refractivity contribution is 7.98. The molecular weight excluding hydrogens is 266 g/mol. The van der Waals surface area contributed by atoms with Gasteiger partial charge in [-0.1, -0.05) is 24.3 Å². The first-order valence-electron chi connectivity index (χ1n) is 6.18. The van der Waals surface area contributed by atoms with Crippen LogP contribution in [0, 0.1) is 11.3 Å². The molecule has 96 valence electrons. The summed E-state index contributed by atoms with van der Waals surface area (Å²) in [6.45, 7) is 0. The highest BCUT2D eigenvalue weighted by atomic mass is 32.2. The summed E-state index contributed by atoms with van der Waals surface area (Å²) in [6.07, 6.45) is 3.31. The van der Waals surface area contributed by atoms with Crippen molar-refractivity contribution in [1.82, 2.24) is 9.97 Å². The van der Waals surface area contributed by atoms with Gasteiger partial charge in [0.25, 0.3) is 0 Å². The average Bonchev–Trinajstić information content (AvgIpc) is 2.53. The standard InChI is InChI=1S/C16H11N3S/c17-9-14-10-18-8-7-13(14)11-20-16-6-5-12-3-1-2-4-15(12)19-16/h1-8,10H,11H2. The molecule has 2 aromatic heterocycles. The number of fused-ring (bicyclic) bond motifs is 1. The molecule has 0 unspecified atom stereocenters. The van der Waals surface area contributed by atoms with Crippen molar-refractivity contribution in [2.45, 2.75) is 10.8 Å². The van der Waals surface area contributed by atoms with Gasteiger partial charge in [0.1, 0.15) is 6.07 Å². The van der Waals surface area contributed by atoms with E-state index in [-0.39, 0.29) is 0 Å². The lowest BCUT2D eigenvalue weighted by molar-refractivity contribution is 1.18. The summed E-state index contributed by atoms with van der Waals surface area (Å²) in [7, 11) is 0. The van der Waals surface area contributed by atoms with Gasteiger partial charge in [-0.25, -0.2) is 4.98 Å². The van der Waals surface area contributed by atoms with E-state index in [9.17, 15) is 0 Å². The maximum absolute atomic E-state index is 9.04. The summed E-state index contributed by atoms with van der Waals surface area (Å²) in [5.74, 6) is 0.719. The molecule has 1 aromatic carbocycles. The van der Waals surface area contributed by atoms with Gasteiger partial charge in [-0.3, -0.25) is 4.98 Å². The van der Waals surface area contributed by atoms with Gasteiger partial charge in [0.05, 0.1) is 16.1 Å². The van der Waals surface area contributed by atoms with Crippen molar-refractivity contribution >= 4 is 22.7 Å². The summed E-state index contributed by atoms with van der Waals surface area (Å²) in [5, 5.41) is 11.1. The number of nitriles is 1. The Balaban J connectivity index is 1.82. The molecule has 0 saturated heterocycles. The highest BCUT2D eigenvalue weighted by Crippen LogP contribution is 2.24. The summed E-state index contributed by atoms with van der Waals surface area (Å²) in [4.78, 5) is 8.57. The molecule has 20 heavy (non-hydrogen) atoms. The van der Waals surface area contributed by atoms with Crippen LogP contribution in [0.5, 0.6) is 0 Å². The Labute approximate surface area is 121 Å². The minimum atomic E-state index is 0.626. The van der Waals surface area contributed by atoms with Crippen molar-refractivity contribution < 1.29 is 0 Å². The summed E-state index contributed by atoms with van der Waals surface area (Å²) >= 11 is 1.63. The van der Waals surface area contributed by atoms with Gasteiger partial charge >= 0.3 is 0 Å². The molecule has 0 aliphatic rings. The van der Waals surface area contributed by atoms with Crippen molar-refractivity contribution in [1.29, 1.82) is 5.26 Å². The van der Waals surface area contributed by atoms with Crippen molar-refractivity contribution in [2.75, 3.05) is 0 Å². The van der Waals surface area contributed by atoms with E-state index in [0.29, 0.717) is 5.56 Å². The van der Waals surface area contributed by atoms with Crippen LogP contribution in [0.3, 0.4) is 0 Å². The number of hydrogen-bond donors (Lipinski definition) is 0. The van der Waals surface area contributed by atoms with Crippen LogP contribution in [-0.4, -0.2) is 9.97 Å². The SMILES string of the molecule is N#Cc1cnccc1CSc1ccc2ccccc2n1. The van der Waals surface area contributed by atoms with Crippen LogP contribution in [0.25, 0.3) is 10.9 Å². The van der Waals surface area contributed by atoms with E-state index >= 15 is 0 Å². The van der Waals surface area contributed by atoms with Crippen LogP contribution in [0.15, 0.2) is 59.9 Å². The highest BCUT2D eigenvalue weighted by Gasteiger charge is 2.04. The molecule has 0 aliphatic heterocycles. The maximum Gasteiger partial charge on any atom is 0.101 e. The van der Waals surface area contributed by atoms with Crippen molar-refractivity contribution in [3.63, 3.8) is 0 Å². The van der Waals surface area contributed by atoms with E-state index in [4.69, 9.17) is 5.26 Å². The first kappa shape index (κ1) is 12.6. The molecule has 0 amide bonds. The summed E-state index contributed by atoms with van der Waals surface area (Å²) in [6, 6.07) is 16.2. The topological polar surface area (TPSA) is 49.6 Å². The lowest BCUT2D eigenvalue weighted by Gasteiger charge is -2.04. The normalized spacial score (nSPS) is 10.3. The first-order valence-corrected chi connectivity index (χ1v) is 7.17. The average molecular weight is 277 g/mol. The molecule has 0 aliphatic carbocycles. The molecule has 3 aromatic rings. The smallest absolute Gasteiger partial charge is 0.101 e.